The summed E-state index contributed by atoms with van der Waals surface area (Å²) in [6, 6.07) is 16.8. The molecular formula is C54H69N7O7. The Labute approximate surface area is 401 Å². The van der Waals surface area contributed by atoms with Crippen molar-refractivity contribution >= 4 is 40.5 Å². The molecule has 6 bridgehead atoms. The zero-order valence-electron chi connectivity index (χ0n) is 41.6. The van der Waals surface area contributed by atoms with Crippen molar-refractivity contribution in [2.45, 2.75) is 92.0 Å². The van der Waals surface area contributed by atoms with Gasteiger partial charge in [-0.3, -0.25) is 33.9 Å². The summed E-state index contributed by atoms with van der Waals surface area (Å²) in [5.41, 5.74) is 7.42. The topological polar surface area (TPSA) is 147 Å². The Bertz CT molecular complexity index is 2610. The third kappa shape index (κ3) is 10.8. The number of benzene rings is 2. The van der Waals surface area contributed by atoms with E-state index in [4.69, 9.17) is 14.5 Å². The Hall–Kier alpha value is -6.04. The molecule has 2 fully saturated rings. The lowest BCUT2D eigenvalue weighted by Crippen LogP contribution is -2.57. The van der Waals surface area contributed by atoms with Crippen molar-refractivity contribution in [3.8, 4) is 34.2 Å². The molecule has 4 aromatic rings. The lowest BCUT2D eigenvalue weighted by molar-refractivity contribution is -0.151. The highest BCUT2D eigenvalue weighted by Crippen LogP contribution is 2.42. The normalized spacial score (nSPS) is 20.4. The first-order chi connectivity index (χ1) is 32.4. The van der Waals surface area contributed by atoms with E-state index >= 15 is 0 Å². The molecule has 0 unspecified atom stereocenters. The number of esters is 1. The summed E-state index contributed by atoms with van der Waals surface area (Å²) in [5.74, 6) is 2.58. The molecule has 0 spiro atoms. The van der Waals surface area contributed by atoms with Crippen LogP contribution in [0.15, 0.2) is 60.8 Å². The Kier molecular flexibility index (Phi) is 15.5. The molecule has 3 aliphatic heterocycles. The van der Waals surface area contributed by atoms with Crippen LogP contribution in [0.1, 0.15) is 77.3 Å². The van der Waals surface area contributed by atoms with Gasteiger partial charge in [-0.1, -0.05) is 63.9 Å². The minimum absolute atomic E-state index is 0.170. The SMILES string of the molecule is CCn1c(-c2cccnc2[C@H](C)OC)c2c3cc(ccc31)-c1cccc(c1)C[C@H](NC(=O)[C@H](C(C)C)N(C)C(=O)[C@H]1CCN(C(=O)C#CCN(C)C)C1)C(=O)N1CC[C@H](C1)C(=O)OCC(C)(C)C2. The number of aryl methyl sites for hydroxylation is 1. The van der Waals surface area contributed by atoms with Crippen molar-refractivity contribution in [1.82, 2.24) is 34.5 Å². The number of likely N-dealkylation sites (tertiary alicyclic amines) is 1. The molecule has 68 heavy (non-hydrogen) atoms. The molecule has 3 aliphatic rings. The van der Waals surface area contributed by atoms with E-state index in [0.717, 1.165) is 50.1 Å². The molecule has 5 heterocycles. The molecule has 4 amide bonds. The lowest BCUT2D eigenvalue weighted by atomic mass is 9.84. The predicted molar refractivity (Wildman–Crippen MR) is 263 cm³/mol. The van der Waals surface area contributed by atoms with Crippen LogP contribution in [-0.4, -0.2) is 138 Å². The molecule has 0 radical (unpaired) electrons. The summed E-state index contributed by atoms with van der Waals surface area (Å²) in [4.78, 5) is 81.4. The average Bonchev–Trinajstić information content (AvgIpc) is 4.08. The summed E-state index contributed by atoms with van der Waals surface area (Å²) < 4.78 is 14.3. The number of nitrogens with one attached hydrogen (secondary N) is 1. The van der Waals surface area contributed by atoms with E-state index in [1.165, 1.54) is 4.90 Å². The number of rotatable bonds is 10. The fourth-order valence-electron chi connectivity index (χ4n) is 10.2. The summed E-state index contributed by atoms with van der Waals surface area (Å²) in [6.45, 7) is 14.6. The quantitative estimate of drug-likeness (QED) is 0.150. The first-order valence-electron chi connectivity index (χ1n) is 24.1. The van der Waals surface area contributed by atoms with Gasteiger partial charge in [-0.05, 0) is 106 Å². The Morgan fingerprint density at radius 1 is 0.985 bits per heavy atom. The van der Waals surface area contributed by atoms with E-state index in [2.05, 4.69) is 78.9 Å². The summed E-state index contributed by atoms with van der Waals surface area (Å²) in [7, 11) is 7.07. The Balaban J connectivity index is 1.23. The van der Waals surface area contributed by atoms with E-state index in [9.17, 15) is 24.0 Å². The third-order valence-electron chi connectivity index (χ3n) is 13.8. The number of carbonyl (C=O) groups is 5. The number of amides is 4. The van der Waals surface area contributed by atoms with Gasteiger partial charge in [-0.2, -0.15) is 0 Å². The van der Waals surface area contributed by atoms with E-state index in [0.29, 0.717) is 45.4 Å². The minimum atomic E-state index is -0.992. The van der Waals surface area contributed by atoms with E-state index in [1.54, 1.807) is 30.2 Å². The number of likely N-dealkylation sites (N-methyl/N-ethyl adjacent to an activating group) is 1. The average molecular weight is 928 g/mol. The molecule has 1 N–H and O–H groups in total. The van der Waals surface area contributed by atoms with Crippen LogP contribution >= 0.6 is 0 Å². The van der Waals surface area contributed by atoms with Gasteiger partial charge in [0.1, 0.15) is 12.1 Å². The molecule has 0 saturated carbocycles. The van der Waals surface area contributed by atoms with Crippen LogP contribution < -0.4 is 5.32 Å². The smallest absolute Gasteiger partial charge is 0.310 e. The summed E-state index contributed by atoms with van der Waals surface area (Å²) >= 11 is 0. The number of aromatic nitrogens is 2. The molecule has 2 aromatic heterocycles. The minimum Gasteiger partial charge on any atom is -0.465 e. The van der Waals surface area contributed by atoms with Gasteiger partial charge in [-0.25, -0.2) is 0 Å². The van der Waals surface area contributed by atoms with Crippen molar-refractivity contribution in [2.24, 2.45) is 23.2 Å². The van der Waals surface area contributed by atoms with Gasteiger partial charge in [0.25, 0.3) is 5.91 Å². The molecule has 14 nitrogen and oxygen atoms in total. The molecule has 14 heteroatoms. The Morgan fingerprint density at radius 3 is 2.47 bits per heavy atom. The van der Waals surface area contributed by atoms with Crippen molar-refractivity contribution in [3.05, 3.63) is 77.6 Å². The van der Waals surface area contributed by atoms with Crippen molar-refractivity contribution in [2.75, 3.05) is 67.6 Å². The lowest BCUT2D eigenvalue weighted by Gasteiger charge is -2.34. The number of hydrogen-bond donors (Lipinski definition) is 1. The van der Waals surface area contributed by atoms with Crippen LogP contribution in [0.2, 0.25) is 0 Å². The highest BCUT2D eigenvalue weighted by molar-refractivity contribution is 5.97. The van der Waals surface area contributed by atoms with Crippen LogP contribution in [-0.2, 0) is 52.8 Å². The second-order valence-corrected chi connectivity index (χ2v) is 20.2. The molecule has 0 aliphatic carbocycles. The number of fused-ring (bicyclic) bond motifs is 6. The van der Waals surface area contributed by atoms with Crippen LogP contribution in [0.3, 0.4) is 0 Å². The maximum Gasteiger partial charge on any atom is 0.310 e. The van der Waals surface area contributed by atoms with Crippen LogP contribution in [0.5, 0.6) is 0 Å². The largest absolute Gasteiger partial charge is 0.465 e. The van der Waals surface area contributed by atoms with Crippen molar-refractivity contribution in [3.63, 3.8) is 0 Å². The van der Waals surface area contributed by atoms with Gasteiger partial charge in [0.15, 0.2) is 0 Å². The standard InChI is InChI=1S/C54H69N7O7/c1-11-61-45-20-19-38-29-42(45)43(49(61)41-17-13-23-55-47(41)35(4)67-10)30-54(5,6)33-68-53(66)40-22-26-60(32-40)52(65)44(28-36-15-12-16-37(38)27-36)56-50(63)48(34(2)3)58(9)51(64)39-21-25-59(31-39)46(62)18-14-24-57(7)8/h12-13,15-17,19-20,23,27,29,34-35,39-40,44,48H,11,21-22,24-26,28,30-33H2,1-10H3,(H,56,63)/t35-,39-,40+,44-,48-/m0/s1. The van der Waals surface area contributed by atoms with E-state index in [1.807, 2.05) is 58.0 Å². The second kappa shape index (κ2) is 21.1. The van der Waals surface area contributed by atoms with E-state index in [-0.39, 0.29) is 61.8 Å². The molecule has 7 rings (SSSR count). The predicted octanol–water partition coefficient (Wildman–Crippen LogP) is 6.00. The van der Waals surface area contributed by atoms with Crippen molar-refractivity contribution < 1.29 is 33.4 Å². The highest BCUT2D eigenvalue weighted by Gasteiger charge is 2.41. The summed E-state index contributed by atoms with van der Waals surface area (Å²) in [5, 5.41) is 4.18. The zero-order chi connectivity index (χ0) is 49.0. The first-order valence-corrected chi connectivity index (χ1v) is 24.1. The van der Waals surface area contributed by atoms with Gasteiger partial charge in [0.05, 0.1) is 42.5 Å². The molecular weight excluding hydrogens is 859 g/mol. The molecule has 2 saturated heterocycles. The third-order valence-corrected chi connectivity index (χ3v) is 13.8. The van der Waals surface area contributed by atoms with E-state index < -0.39 is 35.2 Å². The number of pyridine rings is 1. The summed E-state index contributed by atoms with van der Waals surface area (Å²) in [6.07, 6.45) is 3.24. The zero-order valence-corrected chi connectivity index (χ0v) is 41.6. The number of ether oxygens (including phenoxy) is 2. The number of nitrogens with zero attached hydrogens (tertiary/aromatic N) is 6. The Morgan fingerprint density at radius 2 is 1.75 bits per heavy atom. The fourth-order valence-corrected chi connectivity index (χ4v) is 10.2. The number of carbonyl (C=O) groups excluding carboxylic acids is 5. The number of hydrogen-bond acceptors (Lipinski definition) is 9. The fraction of sp³-hybridized carbons (Fsp3) is 0.519. The first kappa shape index (κ1) is 49.9. The van der Waals surface area contributed by atoms with Gasteiger partial charge in [-0.15, -0.1) is 0 Å². The van der Waals surface area contributed by atoms with Gasteiger partial charge in [0, 0.05) is 81.4 Å². The monoisotopic (exact) mass is 928 g/mol. The number of methoxy groups -OCH3 is 1. The van der Waals surface area contributed by atoms with Crippen LogP contribution in [0.25, 0.3) is 33.3 Å². The maximum absolute atomic E-state index is 14.7. The maximum atomic E-state index is 14.7. The van der Waals surface area contributed by atoms with Gasteiger partial charge < -0.3 is 34.1 Å². The molecule has 2 aromatic carbocycles. The van der Waals surface area contributed by atoms with Crippen LogP contribution in [0, 0.1) is 35.0 Å². The number of cyclic esters (lactones) is 1. The highest BCUT2D eigenvalue weighted by atomic mass is 16.5. The van der Waals surface area contributed by atoms with Gasteiger partial charge in [0.2, 0.25) is 17.7 Å². The van der Waals surface area contributed by atoms with Crippen LogP contribution in [0.4, 0.5) is 0 Å². The molecule has 362 valence electrons. The van der Waals surface area contributed by atoms with Gasteiger partial charge >= 0.3 is 5.97 Å². The van der Waals surface area contributed by atoms with Crippen molar-refractivity contribution in [1.29, 1.82) is 0 Å². The second-order valence-electron chi connectivity index (χ2n) is 20.2. The molecule has 5 atom stereocenters.